The number of ether oxygens (including phenoxy) is 2. The minimum Gasteiger partial charge on any atom is -0.496 e. The van der Waals surface area contributed by atoms with E-state index in [4.69, 9.17) is 9.47 Å². The Hall–Kier alpha value is -1.62. The Morgan fingerprint density at radius 1 is 1.50 bits per heavy atom. The van der Waals surface area contributed by atoms with Gasteiger partial charge in [0.15, 0.2) is 0 Å². The van der Waals surface area contributed by atoms with Crippen molar-refractivity contribution in [2.45, 2.75) is 19.9 Å². The van der Waals surface area contributed by atoms with E-state index in [1.54, 1.807) is 26.0 Å². The number of hydrogen-bond donors (Lipinski definition) is 1. The zero-order chi connectivity index (χ0) is 13.5. The summed E-state index contributed by atoms with van der Waals surface area (Å²) in [6.07, 6.45) is 0. The molecular weight excluding hydrogens is 237 g/mol. The van der Waals surface area contributed by atoms with Crippen molar-refractivity contribution in [3.8, 4) is 5.75 Å². The molecule has 0 saturated heterocycles. The highest BCUT2D eigenvalue weighted by molar-refractivity contribution is 5.77. The van der Waals surface area contributed by atoms with Crippen LogP contribution in [0.4, 0.5) is 4.39 Å². The molecule has 1 unspecified atom stereocenters. The van der Waals surface area contributed by atoms with Gasteiger partial charge in [0, 0.05) is 6.61 Å². The molecule has 0 spiro atoms. The van der Waals surface area contributed by atoms with Crippen LogP contribution in [0.3, 0.4) is 0 Å². The van der Waals surface area contributed by atoms with Gasteiger partial charge in [-0.15, -0.1) is 0 Å². The SMILES string of the molecule is CCOCC(=O)NC(C)c1c(F)cccc1OC. The second-order valence-electron chi connectivity index (χ2n) is 3.78. The number of rotatable bonds is 6. The highest BCUT2D eigenvalue weighted by atomic mass is 19.1. The van der Waals surface area contributed by atoms with Crippen LogP contribution in [0.1, 0.15) is 25.5 Å². The van der Waals surface area contributed by atoms with Gasteiger partial charge in [0.1, 0.15) is 18.2 Å². The molecule has 0 radical (unpaired) electrons. The standard InChI is InChI=1S/C13H18FNO3/c1-4-18-8-12(16)15-9(2)13-10(14)6-5-7-11(13)17-3/h5-7,9H,4,8H2,1-3H3,(H,15,16). The largest absolute Gasteiger partial charge is 0.496 e. The van der Waals surface area contributed by atoms with Crippen LogP contribution in [-0.2, 0) is 9.53 Å². The first-order chi connectivity index (χ1) is 8.60. The van der Waals surface area contributed by atoms with Gasteiger partial charge in [0.05, 0.1) is 18.7 Å². The van der Waals surface area contributed by atoms with Crippen molar-refractivity contribution in [1.82, 2.24) is 5.32 Å². The summed E-state index contributed by atoms with van der Waals surface area (Å²) in [6, 6.07) is 4.08. The molecule has 0 heterocycles. The number of halogens is 1. The molecule has 4 nitrogen and oxygen atoms in total. The average Bonchev–Trinajstić information content (AvgIpc) is 2.35. The van der Waals surface area contributed by atoms with Gasteiger partial charge in [-0.2, -0.15) is 0 Å². The molecule has 0 aliphatic carbocycles. The zero-order valence-corrected chi connectivity index (χ0v) is 10.8. The number of hydrogen-bond acceptors (Lipinski definition) is 3. The van der Waals surface area contributed by atoms with Crippen molar-refractivity contribution in [2.24, 2.45) is 0 Å². The quantitative estimate of drug-likeness (QED) is 0.846. The summed E-state index contributed by atoms with van der Waals surface area (Å²) < 4.78 is 23.8. The molecule has 0 saturated carbocycles. The Morgan fingerprint density at radius 3 is 2.83 bits per heavy atom. The van der Waals surface area contributed by atoms with Crippen molar-refractivity contribution in [3.63, 3.8) is 0 Å². The Balaban J connectivity index is 2.77. The third-order valence-corrected chi connectivity index (χ3v) is 2.48. The molecule has 1 N–H and O–H groups in total. The highest BCUT2D eigenvalue weighted by Gasteiger charge is 2.18. The second kappa shape index (κ2) is 6.96. The Morgan fingerprint density at radius 2 is 2.22 bits per heavy atom. The van der Waals surface area contributed by atoms with E-state index in [2.05, 4.69) is 5.32 Å². The number of nitrogens with one attached hydrogen (secondary N) is 1. The van der Waals surface area contributed by atoms with Gasteiger partial charge in [0.25, 0.3) is 0 Å². The maximum atomic E-state index is 13.7. The highest BCUT2D eigenvalue weighted by Crippen LogP contribution is 2.27. The maximum absolute atomic E-state index is 13.7. The first-order valence-electron chi connectivity index (χ1n) is 5.79. The molecule has 0 aliphatic rings. The first-order valence-corrected chi connectivity index (χ1v) is 5.79. The predicted octanol–water partition coefficient (Wildman–Crippen LogP) is 2.05. The number of benzene rings is 1. The van der Waals surface area contributed by atoms with Crippen LogP contribution in [0, 0.1) is 5.82 Å². The topological polar surface area (TPSA) is 47.6 Å². The molecule has 100 valence electrons. The molecule has 1 aromatic rings. The molecular formula is C13H18FNO3. The lowest BCUT2D eigenvalue weighted by Crippen LogP contribution is -2.30. The minimum atomic E-state index is -0.478. The van der Waals surface area contributed by atoms with Crippen molar-refractivity contribution in [1.29, 1.82) is 0 Å². The van der Waals surface area contributed by atoms with Gasteiger partial charge in [-0.05, 0) is 26.0 Å². The summed E-state index contributed by atoms with van der Waals surface area (Å²) in [5, 5.41) is 2.66. The summed E-state index contributed by atoms with van der Waals surface area (Å²) in [6.45, 7) is 3.93. The van der Waals surface area contributed by atoms with Gasteiger partial charge >= 0.3 is 0 Å². The zero-order valence-electron chi connectivity index (χ0n) is 10.8. The van der Waals surface area contributed by atoms with E-state index in [9.17, 15) is 9.18 Å². The van der Waals surface area contributed by atoms with E-state index in [1.165, 1.54) is 13.2 Å². The van der Waals surface area contributed by atoms with Gasteiger partial charge in [-0.1, -0.05) is 6.07 Å². The van der Waals surface area contributed by atoms with E-state index in [-0.39, 0.29) is 12.5 Å². The fourth-order valence-corrected chi connectivity index (χ4v) is 1.67. The van der Waals surface area contributed by atoms with Crippen LogP contribution in [0.15, 0.2) is 18.2 Å². The van der Waals surface area contributed by atoms with Crippen molar-refractivity contribution < 1.29 is 18.7 Å². The lowest BCUT2D eigenvalue weighted by Gasteiger charge is -2.17. The van der Waals surface area contributed by atoms with Gasteiger partial charge < -0.3 is 14.8 Å². The molecule has 0 fully saturated rings. The van der Waals surface area contributed by atoms with E-state index in [0.717, 1.165) is 0 Å². The van der Waals surface area contributed by atoms with Crippen LogP contribution in [0.25, 0.3) is 0 Å². The van der Waals surface area contributed by atoms with Crippen LogP contribution >= 0.6 is 0 Å². The average molecular weight is 255 g/mol. The minimum absolute atomic E-state index is 0.0302. The molecule has 1 rings (SSSR count). The van der Waals surface area contributed by atoms with E-state index in [1.807, 2.05) is 0 Å². The lowest BCUT2D eigenvalue weighted by molar-refractivity contribution is -0.126. The number of methoxy groups -OCH3 is 1. The van der Waals surface area contributed by atoms with E-state index >= 15 is 0 Å². The molecule has 18 heavy (non-hydrogen) atoms. The normalized spacial score (nSPS) is 12.0. The molecule has 1 amide bonds. The van der Waals surface area contributed by atoms with Crippen LogP contribution in [0.5, 0.6) is 5.75 Å². The molecule has 1 atom stereocenters. The molecule has 0 bridgehead atoms. The Labute approximate surface area is 106 Å². The van der Waals surface area contributed by atoms with Crippen LogP contribution in [-0.4, -0.2) is 26.2 Å². The van der Waals surface area contributed by atoms with E-state index < -0.39 is 11.9 Å². The number of carbonyl (C=O) groups excluding carboxylic acids is 1. The maximum Gasteiger partial charge on any atom is 0.246 e. The molecule has 0 aromatic heterocycles. The lowest BCUT2D eigenvalue weighted by atomic mass is 10.1. The third-order valence-electron chi connectivity index (χ3n) is 2.48. The van der Waals surface area contributed by atoms with Crippen LogP contribution < -0.4 is 10.1 Å². The second-order valence-corrected chi connectivity index (χ2v) is 3.78. The number of carbonyl (C=O) groups is 1. The monoisotopic (exact) mass is 255 g/mol. The molecule has 5 heteroatoms. The Kier molecular flexibility index (Phi) is 5.58. The predicted molar refractivity (Wildman–Crippen MR) is 66.0 cm³/mol. The summed E-state index contributed by atoms with van der Waals surface area (Å²) >= 11 is 0. The first kappa shape index (κ1) is 14.4. The third kappa shape index (κ3) is 3.70. The number of amides is 1. The smallest absolute Gasteiger partial charge is 0.246 e. The van der Waals surface area contributed by atoms with Crippen LogP contribution in [0.2, 0.25) is 0 Å². The fourth-order valence-electron chi connectivity index (χ4n) is 1.67. The summed E-state index contributed by atoms with van der Waals surface area (Å²) in [5.74, 6) is -0.271. The van der Waals surface area contributed by atoms with Crippen molar-refractivity contribution in [2.75, 3.05) is 20.3 Å². The molecule has 0 aliphatic heterocycles. The van der Waals surface area contributed by atoms with Crippen molar-refractivity contribution >= 4 is 5.91 Å². The summed E-state index contributed by atoms with van der Waals surface area (Å²) in [5.41, 5.74) is 0.338. The van der Waals surface area contributed by atoms with Gasteiger partial charge in [-0.3, -0.25) is 4.79 Å². The molecule has 1 aromatic carbocycles. The van der Waals surface area contributed by atoms with E-state index in [0.29, 0.717) is 17.9 Å². The Bertz CT molecular complexity index is 409. The van der Waals surface area contributed by atoms with Gasteiger partial charge in [0.2, 0.25) is 5.91 Å². The van der Waals surface area contributed by atoms with Crippen molar-refractivity contribution in [3.05, 3.63) is 29.6 Å². The summed E-state index contributed by atoms with van der Waals surface area (Å²) in [4.78, 5) is 11.5. The summed E-state index contributed by atoms with van der Waals surface area (Å²) in [7, 11) is 1.47. The van der Waals surface area contributed by atoms with Gasteiger partial charge in [-0.25, -0.2) is 4.39 Å². The fraction of sp³-hybridized carbons (Fsp3) is 0.462.